The highest BCUT2D eigenvalue weighted by atomic mass is 16.6. The van der Waals surface area contributed by atoms with Gasteiger partial charge in [-0.05, 0) is 96.4 Å². The van der Waals surface area contributed by atoms with E-state index in [1.807, 2.05) is 83.1 Å². The van der Waals surface area contributed by atoms with Crippen LogP contribution in [0.15, 0.2) is 48.5 Å². The van der Waals surface area contributed by atoms with Crippen molar-refractivity contribution in [2.75, 3.05) is 0 Å². The number of ether oxygens (including phenoxy) is 1. The molecule has 41 heavy (non-hydrogen) atoms. The zero-order valence-corrected chi connectivity index (χ0v) is 26.7. The van der Waals surface area contributed by atoms with E-state index < -0.39 is 23.8 Å². The Labute approximate surface area is 247 Å². The van der Waals surface area contributed by atoms with Crippen LogP contribution in [-0.2, 0) is 20.7 Å². The topological polar surface area (TPSA) is 87.7 Å². The summed E-state index contributed by atoms with van der Waals surface area (Å²) in [5, 5.41) is 5.92. The van der Waals surface area contributed by atoms with Crippen LogP contribution in [0.25, 0.3) is 0 Å². The third-order valence-corrected chi connectivity index (χ3v) is 6.94. The molecule has 2 N–H and O–H groups in total. The van der Waals surface area contributed by atoms with Crippen molar-refractivity contribution in [2.45, 2.75) is 118 Å². The van der Waals surface area contributed by atoms with Crippen molar-refractivity contribution in [2.24, 2.45) is 5.92 Å². The summed E-state index contributed by atoms with van der Waals surface area (Å²) in [7, 11) is 0. The molecule has 226 valence electrons. The lowest BCUT2D eigenvalue weighted by molar-refractivity contribution is -0.145. The van der Waals surface area contributed by atoms with Gasteiger partial charge in [0.2, 0.25) is 11.8 Å². The first-order chi connectivity index (χ1) is 19.1. The Hall–Kier alpha value is -3.35. The average molecular weight is 566 g/mol. The second-order valence-electron chi connectivity index (χ2n) is 12.8. The third-order valence-electron chi connectivity index (χ3n) is 6.94. The number of nitrogens with one attached hydrogen (secondary N) is 2. The van der Waals surface area contributed by atoms with Gasteiger partial charge in [0.25, 0.3) is 0 Å². The molecule has 3 unspecified atom stereocenters. The molecule has 7 nitrogen and oxygen atoms in total. The van der Waals surface area contributed by atoms with Gasteiger partial charge in [0.05, 0.1) is 0 Å². The lowest BCUT2D eigenvalue weighted by atomic mass is 9.91. The fraction of sp³-hybridized carbons (Fsp3) is 0.559. The van der Waals surface area contributed by atoms with Gasteiger partial charge in [-0.1, -0.05) is 62.4 Å². The highest BCUT2D eigenvalue weighted by Crippen LogP contribution is 2.32. The van der Waals surface area contributed by atoms with E-state index in [0.717, 1.165) is 28.7 Å². The molecule has 0 fully saturated rings. The molecule has 0 saturated heterocycles. The van der Waals surface area contributed by atoms with E-state index in [1.165, 1.54) is 0 Å². The van der Waals surface area contributed by atoms with Gasteiger partial charge in [-0.15, -0.1) is 0 Å². The molecule has 0 aromatic heterocycles. The number of rotatable bonds is 12. The fourth-order valence-corrected chi connectivity index (χ4v) is 5.01. The highest BCUT2D eigenvalue weighted by Gasteiger charge is 2.40. The molecule has 3 amide bonds. The highest BCUT2D eigenvalue weighted by molar-refractivity contribution is 5.93. The Morgan fingerprint density at radius 1 is 0.829 bits per heavy atom. The maximum Gasteiger partial charge on any atom is 0.408 e. The van der Waals surface area contributed by atoms with Crippen LogP contribution in [0.1, 0.15) is 96.5 Å². The Balaban J connectivity index is 2.70. The summed E-state index contributed by atoms with van der Waals surface area (Å²) >= 11 is 0. The molecule has 0 aliphatic carbocycles. The van der Waals surface area contributed by atoms with Gasteiger partial charge in [-0.2, -0.15) is 0 Å². The van der Waals surface area contributed by atoms with Crippen LogP contribution < -0.4 is 10.6 Å². The van der Waals surface area contributed by atoms with Crippen LogP contribution in [0.3, 0.4) is 0 Å². The van der Waals surface area contributed by atoms with Crippen LogP contribution >= 0.6 is 0 Å². The first-order valence-corrected chi connectivity index (χ1v) is 14.8. The van der Waals surface area contributed by atoms with E-state index in [4.69, 9.17) is 4.74 Å². The molecule has 0 radical (unpaired) electrons. The van der Waals surface area contributed by atoms with E-state index in [9.17, 15) is 14.4 Å². The first kappa shape index (κ1) is 33.9. The minimum atomic E-state index is -0.938. The van der Waals surface area contributed by atoms with Crippen molar-refractivity contribution in [1.82, 2.24) is 15.5 Å². The number of alkyl carbamates (subject to hydrolysis) is 1. The predicted molar refractivity (Wildman–Crippen MR) is 166 cm³/mol. The van der Waals surface area contributed by atoms with Gasteiger partial charge < -0.3 is 20.3 Å². The van der Waals surface area contributed by atoms with Gasteiger partial charge >= 0.3 is 6.09 Å². The molecule has 0 saturated carbocycles. The molecule has 2 aromatic carbocycles. The van der Waals surface area contributed by atoms with Crippen LogP contribution in [0.4, 0.5) is 4.79 Å². The SMILES string of the molecule is Cc1cccc(C)c1C(C(=O)NC(C)C)N(C(=O)C(Cc1ccccc1)NC(=O)OC(C)(C)C)C(C)CCC(C)C. The maximum absolute atomic E-state index is 14.7. The molecule has 0 aliphatic heterocycles. The number of carbonyl (C=O) groups is 3. The van der Waals surface area contributed by atoms with Crippen molar-refractivity contribution >= 4 is 17.9 Å². The second-order valence-corrected chi connectivity index (χ2v) is 12.8. The van der Waals surface area contributed by atoms with Crippen molar-refractivity contribution in [1.29, 1.82) is 0 Å². The summed E-state index contributed by atoms with van der Waals surface area (Å²) in [6.07, 6.45) is 1.19. The maximum atomic E-state index is 14.7. The molecule has 0 aliphatic rings. The normalized spacial score (nSPS) is 13.9. The minimum absolute atomic E-state index is 0.114. The molecular formula is C34H51N3O4. The first-order valence-electron chi connectivity index (χ1n) is 14.8. The Kier molecular flexibility index (Phi) is 12.4. The molecule has 2 aromatic rings. The number of nitrogens with zero attached hydrogens (tertiary/aromatic N) is 1. The number of amides is 3. The second kappa shape index (κ2) is 15.0. The largest absolute Gasteiger partial charge is 0.444 e. The summed E-state index contributed by atoms with van der Waals surface area (Å²) < 4.78 is 5.56. The van der Waals surface area contributed by atoms with E-state index in [-0.39, 0.29) is 30.3 Å². The monoisotopic (exact) mass is 565 g/mol. The summed E-state index contributed by atoms with van der Waals surface area (Å²) in [5.74, 6) is -0.127. The molecular weight excluding hydrogens is 514 g/mol. The third kappa shape index (κ3) is 10.5. The summed E-state index contributed by atoms with van der Waals surface area (Å²) in [4.78, 5) is 43.5. The Morgan fingerprint density at radius 2 is 1.41 bits per heavy atom. The summed E-state index contributed by atoms with van der Waals surface area (Å²) in [6, 6.07) is 13.3. The Bertz CT molecular complexity index is 1130. The number of benzene rings is 2. The van der Waals surface area contributed by atoms with E-state index in [0.29, 0.717) is 12.3 Å². The van der Waals surface area contributed by atoms with E-state index >= 15 is 0 Å². The van der Waals surface area contributed by atoms with Crippen molar-refractivity contribution in [3.63, 3.8) is 0 Å². The van der Waals surface area contributed by atoms with E-state index in [1.54, 1.807) is 25.7 Å². The van der Waals surface area contributed by atoms with E-state index in [2.05, 4.69) is 24.5 Å². The zero-order valence-electron chi connectivity index (χ0n) is 26.7. The zero-order chi connectivity index (χ0) is 30.9. The molecule has 0 spiro atoms. The molecule has 7 heteroatoms. The predicted octanol–water partition coefficient (Wildman–Crippen LogP) is 6.66. The van der Waals surface area contributed by atoms with Gasteiger partial charge in [0, 0.05) is 18.5 Å². The minimum Gasteiger partial charge on any atom is -0.444 e. The Morgan fingerprint density at radius 3 is 1.93 bits per heavy atom. The lowest BCUT2D eigenvalue weighted by Crippen LogP contribution is -2.56. The van der Waals surface area contributed by atoms with Crippen LogP contribution in [-0.4, -0.2) is 46.5 Å². The van der Waals surface area contributed by atoms with Crippen molar-refractivity contribution < 1.29 is 19.1 Å². The van der Waals surface area contributed by atoms with Crippen LogP contribution in [0.5, 0.6) is 0 Å². The molecule has 3 atom stereocenters. The van der Waals surface area contributed by atoms with Crippen LogP contribution in [0, 0.1) is 19.8 Å². The van der Waals surface area contributed by atoms with Gasteiger partial charge in [0.15, 0.2) is 0 Å². The smallest absolute Gasteiger partial charge is 0.408 e. The number of hydrogen-bond donors (Lipinski definition) is 2. The number of aryl methyl sites for hydroxylation is 2. The van der Waals surface area contributed by atoms with Crippen molar-refractivity contribution in [3.05, 3.63) is 70.8 Å². The van der Waals surface area contributed by atoms with Gasteiger partial charge in [-0.25, -0.2) is 4.79 Å². The van der Waals surface area contributed by atoms with Gasteiger partial charge in [0.1, 0.15) is 17.7 Å². The van der Waals surface area contributed by atoms with Gasteiger partial charge in [-0.3, -0.25) is 9.59 Å². The standard InChI is InChI=1S/C34H51N3O4/c1-22(2)19-20-26(7)37(30(31(38)35-23(3)4)29-24(5)15-14-16-25(29)6)32(39)28(21-27-17-12-11-13-18-27)36-33(40)41-34(8,9)10/h11-18,22-23,26,28,30H,19-21H2,1-10H3,(H,35,38)(H,36,40). The molecule has 2 rings (SSSR count). The average Bonchev–Trinajstić information content (AvgIpc) is 2.85. The number of carbonyl (C=O) groups excluding carboxylic acids is 3. The molecule has 0 heterocycles. The van der Waals surface area contributed by atoms with Crippen molar-refractivity contribution in [3.8, 4) is 0 Å². The quantitative estimate of drug-likeness (QED) is 0.301. The fourth-order valence-electron chi connectivity index (χ4n) is 5.01. The number of hydrogen-bond acceptors (Lipinski definition) is 4. The van der Waals surface area contributed by atoms with Crippen LogP contribution in [0.2, 0.25) is 0 Å². The summed E-state index contributed by atoms with van der Waals surface area (Å²) in [5.41, 5.74) is 2.84. The molecule has 0 bridgehead atoms. The summed E-state index contributed by atoms with van der Waals surface area (Å²) in [6.45, 7) is 19.4. The lowest BCUT2D eigenvalue weighted by Gasteiger charge is -2.40.